The van der Waals surface area contributed by atoms with E-state index < -0.39 is 12.2 Å². The molecule has 0 aliphatic rings. The zero-order valence-electron chi connectivity index (χ0n) is 38.7. The van der Waals surface area contributed by atoms with E-state index in [1.54, 1.807) is 6.92 Å². The minimum atomic E-state index is -0.560. The van der Waals surface area contributed by atoms with E-state index in [9.17, 15) is 24.6 Å². The summed E-state index contributed by atoms with van der Waals surface area (Å²) in [5.41, 5.74) is 0. The maximum absolute atomic E-state index is 12.1. The van der Waals surface area contributed by atoms with Crippen molar-refractivity contribution in [2.24, 2.45) is 0 Å². The number of esters is 3. The lowest BCUT2D eigenvalue weighted by Gasteiger charge is -2.23. The first-order chi connectivity index (χ1) is 28.3. The molecule has 0 aliphatic heterocycles. The Morgan fingerprint density at radius 1 is 0.362 bits per heavy atom. The summed E-state index contributed by atoms with van der Waals surface area (Å²) in [6.07, 6.45) is 38.1. The molecule has 8 nitrogen and oxygen atoms in total. The van der Waals surface area contributed by atoms with E-state index in [0.29, 0.717) is 38.7 Å². The van der Waals surface area contributed by atoms with Crippen LogP contribution in [-0.2, 0) is 28.6 Å². The normalized spacial score (nSPS) is 13.6. The van der Waals surface area contributed by atoms with Gasteiger partial charge in [0.2, 0.25) is 0 Å². The number of hydrogen-bond acceptors (Lipinski definition) is 8. The molecular weight excluding hydrogens is 729 g/mol. The van der Waals surface area contributed by atoms with Gasteiger partial charge in [-0.3, -0.25) is 14.4 Å². The molecule has 0 aromatic heterocycles. The first-order valence-electron chi connectivity index (χ1n) is 25.2. The van der Waals surface area contributed by atoms with Crippen LogP contribution < -0.4 is 0 Å². The van der Waals surface area contributed by atoms with Gasteiger partial charge in [-0.15, -0.1) is 0 Å². The lowest BCUT2D eigenvalue weighted by molar-refractivity contribution is -0.156. The van der Waals surface area contributed by atoms with Crippen LogP contribution >= 0.6 is 0 Å². The third-order valence-corrected chi connectivity index (χ3v) is 11.7. The van der Waals surface area contributed by atoms with Crippen molar-refractivity contribution >= 4 is 17.9 Å². The fourth-order valence-corrected chi connectivity index (χ4v) is 7.78. The lowest BCUT2D eigenvalue weighted by atomic mass is 9.99. The van der Waals surface area contributed by atoms with Crippen LogP contribution in [-0.4, -0.2) is 59.1 Å². The van der Waals surface area contributed by atoms with E-state index in [4.69, 9.17) is 14.2 Å². The highest BCUT2D eigenvalue weighted by molar-refractivity contribution is 5.69. The summed E-state index contributed by atoms with van der Waals surface area (Å²) in [6.45, 7) is 8.60. The molecule has 0 rings (SSSR count). The van der Waals surface area contributed by atoms with E-state index >= 15 is 0 Å². The van der Waals surface area contributed by atoms with Gasteiger partial charge in [0.25, 0.3) is 0 Å². The summed E-state index contributed by atoms with van der Waals surface area (Å²) in [6, 6.07) is 0. The minimum Gasteiger partial charge on any atom is -0.466 e. The van der Waals surface area contributed by atoms with Crippen molar-refractivity contribution in [2.45, 2.75) is 296 Å². The largest absolute Gasteiger partial charge is 0.466 e. The molecule has 2 N–H and O–H groups in total. The first kappa shape index (κ1) is 56.3. The second kappa shape index (κ2) is 43.4. The number of rotatable bonds is 45. The monoisotopic (exact) mass is 825 g/mol. The molecule has 0 aromatic carbocycles. The summed E-state index contributed by atoms with van der Waals surface area (Å²) in [5.74, 6) is -0.471. The summed E-state index contributed by atoms with van der Waals surface area (Å²) >= 11 is 0. The van der Waals surface area contributed by atoms with Crippen LogP contribution in [0.3, 0.4) is 0 Å². The molecule has 4 atom stereocenters. The van der Waals surface area contributed by atoms with Crippen LogP contribution in [0.4, 0.5) is 0 Å². The number of carbonyl (C=O) groups excluding carboxylic acids is 3. The van der Waals surface area contributed by atoms with Crippen LogP contribution in [0.2, 0.25) is 0 Å². The molecule has 0 aliphatic carbocycles. The Hall–Kier alpha value is -1.67. The van der Waals surface area contributed by atoms with Gasteiger partial charge in [-0.1, -0.05) is 201 Å². The van der Waals surface area contributed by atoms with Gasteiger partial charge in [0.15, 0.2) is 0 Å². The van der Waals surface area contributed by atoms with Crippen molar-refractivity contribution in [3.05, 3.63) is 0 Å². The molecular formula is C50H96O8. The number of aliphatic hydroxyl groups excluding tert-OH is 2. The SMILES string of the molecule is CCCCCCCCC(OC(=O)CC)C(O)CCCCCCCCCCCCOC(=O)CCCCCCCCCCCC(O)C(CCCCCCCC)OC(=O)CC. The number of carbonyl (C=O) groups is 3. The summed E-state index contributed by atoms with van der Waals surface area (Å²) in [5, 5.41) is 21.5. The predicted octanol–water partition coefficient (Wildman–Crippen LogP) is 14.0. The first-order valence-corrected chi connectivity index (χ1v) is 25.2. The summed E-state index contributed by atoms with van der Waals surface area (Å²) in [4.78, 5) is 35.9. The molecule has 0 radical (unpaired) electrons. The fraction of sp³-hybridized carbons (Fsp3) is 0.940. The second-order valence-corrected chi connectivity index (χ2v) is 17.3. The molecule has 0 spiro atoms. The van der Waals surface area contributed by atoms with Gasteiger partial charge in [-0.25, -0.2) is 0 Å². The molecule has 344 valence electrons. The highest BCUT2D eigenvalue weighted by Gasteiger charge is 2.23. The van der Waals surface area contributed by atoms with Crippen molar-refractivity contribution < 1.29 is 38.8 Å². The van der Waals surface area contributed by atoms with Crippen LogP contribution in [0, 0.1) is 0 Å². The highest BCUT2D eigenvalue weighted by atomic mass is 16.6. The van der Waals surface area contributed by atoms with Gasteiger partial charge in [0.05, 0.1) is 18.8 Å². The lowest BCUT2D eigenvalue weighted by Crippen LogP contribution is -2.31. The van der Waals surface area contributed by atoms with Gasteiger partial charge in [-0.05, 0) is 51.4 Å². The molecule has 0 fully saturated rings. The number of aliphatic hydroxyl groups is 2. The van der Waals surface area contributed by atoms with E-state index in [2.05, 4.69) is 13.8 Å². The zero-order valence-corrected chi connectivity index (χ0v) is 38.7. The highest BCUT2D eigenvalue weighted by Crippen LogP contribution is 2.21. The van der Waals surface area contributed by atoms with Crippen molar-refractivity contribution in [3.8, 4) is 0 Å². The van der Waals surface area contributed by atoms with Crippen molar-refractivity contribution in [2.75, 3.05) is 6.61 Å². The molecule has 0 heterocycles. The molecule has 0 amide bonds. The quantitative estimate of drug-likeness (QED) is 0.0354. The molecule has 0 saturated carbocycles. The Balaban J connectivity index is 3.69. The molecule has 58 heavy (non-hydrogen) atoms. The van der Waals surface area contributed by atoms with E-state index in [0.717, 1.165) is 96.3 Å². The molecule has 0 aromatic rings. The Kier molecular flexibility index (Phi) is 42.2. The molecule has 4 unspecified atom stereocenters. The van der Waals surface area contributed by atoms with Gasteiger partial charge < -0.3 is 24.4 Å². The van der Waals surface area contributed by atoms with E-state index in [-0.39, 0.29) is 30.1 Å². The zero-order chi connectivity index (χ0) is 42.7. The predicted molar refractivity (Wildman–Crippen MR) is 241 cm³/mol. The van der Waals surface area contributed by atoms with Crippen molar-refractivity contribution in [1.82, 2.24) is 0 Å². The average Bonchev–Trinajstić information content (AvgIpc) is 3.22. The minimum absolute atomic E-state index is 0.0521. The van der Waals surface area contributed by atoms with Gasteiger partial charge in [-0.2, -0.15) is 0 Å². The molecule has 0 saturated heterocycles. The van der Waals surface area contributed by atoms with Crippen molar-refractivity contribution in [1.29, 1.82) is 0 Å². The second-order valence-electron chi connectivity index (χ2n) is 17.3. The molecule has 8 heteroatoms. The fourth-order valence-electron chi connectivity index (χ4n) is 7.78. The average molecular weight is 825 g/mol. The summed E-state index contributed by atoms with van der Waals surface area (Å²) in [7, 11) is 0. The van der Waals surface area contributed by atoms with E-state index in [1.807, 2.05) is 6.92 Å². The smallest absolute Gasteiger partial charge is 0.305 e. The topological polar surface area (TPSA) is 119 Å². The van der Waals surface area contributed by atoms with Gasteiger partial charge in [0.1, 0.15) is 12.2 Å². The standard InChI is InChI=1S/C50H96O8/c1-5-9-11-13-28-34-40-46(57-48(53)7-3)44(51)38-32-26-22-18-15-16-21-25-31-37-43-56-50(55)42-36-30-24-20-17-19-23-27-33-39-45(52)47(58-49(54)8-4)41-35-29-14-12-10-6-2/h44-47,51-52H,5-43H2,1-4H3. The maximum atomic E-state index is 12.1. The van der Waals surface area contributed by atoms with Crippen LogP contribution in [0.1, 0.15) is 272 Å². The van der Waals surface area contributed by atoms with Crippen molar-refractivity contribution in [3.63, 3.8) is 0 Å². The number of ether oxygens (including phenoxy) is 3. The Morgan fingerprint density at radius 2 is 0.655 bits per heavy atom. The number of unbranched alkanes of at least 4 members (excludes halogenated alkanes) is 27. The van der Waals surface area contributed by atoms with Gasteiger partial charge in [0, 0.05) is 19.3 Å². The van der Waals surface area contributed by atoms with Crippen LogP contribution in [0.25, 0.3) is 0 Å². The maximum Gasteiger partial charge on any atom is 0.305 e. The Morgan fingerprint density at radius 3 is 1.00 bits per heavy atom. The third-order valence-electron chi connectivity index (χ3n) is 11.7. The Labute approximate surface area is 358 Å². The Bertz CT molecular complexity index is 910. The van der Waals surface area contributed by atoms with E-state index in [1.165, 1.54) is 116 Å². The third kappa shape index (κ3) is 37.3. The molecule has 0 bridgehead atoms. The van der Waals surface area contributed by atoms with Crippen LogP contribution in [0.5, 0.6) is 0 Å². The van der Waals surface area contributed by atoms with Crippen LogP contribution in [0.15, 0.2) is 0 Å². The van der Waals surface area contributed by atoms with Gasteiger partial charge >= 0.3 is 17.9 Å². The number of hydrogen-bond donors (Lipinski definition) is 2. The summed E-state index contributed by atoms with van der Waals surface area (Å²) < 4.78 is 16.7.